The normalized spacial score (nSPS) is 17.8. The zero-order valence-corrected chi connectivity index (χ0v) is 10.7. The lowest BCUT2D eigenvalue weighted by atomic mass is 9.94. The molecule has 17 heavy (non-hydrogen) atoms. The summed E-state index contributed by atoms with van der Waals surface area (Å²) in [6.07, 6.45) is 2.53. The number of benzene rings is 1. The molecule has 2 aromatic rings. The number of piperidine rings is 1. The van der Waals surface area contributed by atoms with Crippen molar-refractivity contribution in [2.24, 2.45) is 7.05 Å². The second kappa shape index (κ2) is 4.19. The smallest absolute Gasteiger partial charge is 0.0509 e. The molecule has 1 fully saturated rings. The maximum absolute atomic E-state index is 3.44. The van der Waals surface area contributed by atoms with Crippen molar-refractivity contribution in [1.82, 2.24) is 9.88 Å². The fourth-order valence-electron chi connectivity index (χ4n) is 3.15. The van der Waals surface area contributed by atoms with Gasteiger partial charge in [-0.2, -0.15) is 0 Å². The summed E-state index contributed by atoms with van der Waals surface area (Å²) in [7, 11) is 2.21. The van der Waals surface area contributed by atoms with Gasteiger partial charge in [0.1, 0.15) is 0 Å². The van der Waals surface area contributed by atoms with E-state index in [0.717, 1.165) is 19.0 Å². The van der Waals surface area contributed by atoms with Crippen LogP contribution in [0.25, 0.3) is 10.9 Å². The minimum atomic E-state index is 0.730. The Bertz CT molecular complexity index is 533. The second-order valence-corrected chi connectivity index (χ2v) is 5.17. The standard InChI is InChI=1S/C15H20N2/c1-11-4-3-5-13-10-14(17(2)15(11)13)12-6-8-16-9-7-12/h3-5,10,12,16H,6-9H2,1-2H3. The Morgan fingerprint density at radius 3 is 2.71 bits per heavy atom. The number of nitrogens with one attached hydrogen (secondary N) is 1. The maximum Gasteiger partial charge on any atom is 0.0509 e. The van der Waals surface area contributed by atoms with E-state index in [4.69, 9.17) is 0 Å². The average molecular weight is 228 g/mol. The van der Waals surface area contributed by atoms with Gasteiger partial charge in [0.15, 0.2) is 0 Å². The maximum atomic E-state index is 3.44. The molecule has 0 atom stereocenters. The first kappa shape index (κ1) is 10.8. The Balaban J connectivity index is 2.10. The van der Waals surface area contributed by atoms with E-state index < -0.39 is 0 Å². The first-order valence-electron chi connectivity index (χ1n) is 6.53. The van der Waals surface area contributed by atoms with Gasteiger partial charge in [0.05, 0.1) is 5.52 Å². The molecule has 1 N–H and O–H groups in total. The van der Waals surface area contributed by atoms with Crippen molar-refractivity contribution in [2.45, 2.75) is 25.7 Å². The Kier molecular flexibility index (Phi) is 2.67. The lowest BCUT2D eigenvalue weighted by Crippen LogP contribution is -2.27. The molecule has 0 saturated carbocycles. The van der Waals surface area contributed by atoms with E-state index in [0.29, 0.717) is 0 Å². The van der Waals surface area contributed by atoms with Gasteiger partial charge in [0.2, 0.25) is 0 Å². The van der Waals surface area contributed by atoms with Crippen LogP contribution in [-0.2, 0) is 7.05 Å². The average Bonchev–Trinajstić information content (AvgIpc) is 2.69. The number of aryl methyl sites for hydroxylation is 2. The van der Waals surface area contributed by atoms with Crippen molar-refractivity contribution in [3.05, 3.63) is 35.5 Å². The molecule has 0 bridgehead atoms. The van der Waals surface area contributed by atoms with Crippen LogP contribution in [0.4, 0.5) is 0 Å². The van der Waals surface area contributed by atoms with Crippen LogP contribution < -0.4 is 5.32 Å². The number of aromatic nitrogens is 1. The van der Waals surface area contributed by atoms with Crippen LogP contribution in [0.5, 0.6) is 0 Å². The highest BCUT2D eigenvalue weighted by atomic mass is 15.0. The van der Waals surface area contributed by atoms with Crippen LogP contribution in [-0.4, -0.2) is 17.7 Å². The number of nitrogens with zero attached hydrogens (tertiary/aromatic N) is 1. The molecule has 1 aliphatic rings. The van der Waals surface area contributed by atoms with Crippen LogP contribution in [0.1, 0.15) is 30.0 Å². The topological polar surface area (TPSA) is 17.0 Å². The monoisotopic (exact) mass is 228 g/mol. The summed E-state index contributed by atoms with van der Waals surface area (Å²) in [6.45, 7) is 4.52. The van der Waals surface area contributed by atoms with Gasteiger partial charge in [0, 0.05) is 24.0 Å². The van der Waals surface area contributed by atoms with Gasteiger partial charge in [0.25, 0.3) is 0 Å². The molecule has 1 aromatic heterocycles. The van der Waals surface area contributed by atoms with E-state index in [1.807, 2.05) is 0 Å². The number of hydrogen-bond acceptors (Lipinski definition) is 1. The highest BCUT2D eigenvalue weighted by Gasteiger charge is 2.19. The van der Waals surface area contributed by atoms with Crippen molar-refractivity contribution >= 4 is 10.9 Å². The molecule has 0 radical (unpaired) electrons. The fourth-order valence-corrected chi connectivity index (χ4v) is 3.15. The number of hydrogen-bond donors (Lipinski definition) is 1. The quantitative estimate of drug-likeness (QED) is 0.794. The Hall–Kier alpha value is -1.28. The van der Waals surface area contributed by atoms with E-state index >= 15 is 0 Å². The molecule has 0 spiro atoms. The van der Waals surface area contributed by atoms with Crippen LogP contribution in [0.2, 0.25) is 0 Å². The van der Waals surface area contributed by atoms with E-state index in [1.165, 1.54) is 35.0 Å². The summed E-state index contributed by atoms with van der Waals surface area (Å²) < 4.78 is 2.40. The Morgan fingerprint density at radius 2 is 2.00 bits per heavy atom. The van der Waals surface area contributed by atoms with Crippen molar-refractivity contribution in [3.63, 3.8) is 0 Å². The predicted molar refractivity (Wildman–Crippen MR) is 72.5 cm³/mol. The molecule has 0 aliphatic carbocycles. The third kappa shape index (κ3) is 1.77. The Labute approximate surface area is 103 Å². The third-order valence-electron chi connectivity index (χ3n) is 4.05. The van der Waals surface area contributed by atoms with E-state index in [1.54, 1.807) is 0 Å². The number of para-hydroxylation sites is 1. The van der Waals surface area contributed by atoms with Crippen LogP contribution >= 0.6 is 0 Å². The van der Waals surface area contributed by atoms with Crippen LogP contribution in [0, 0.1) is 6.92 Å². The van der Waals surface area contributed by atoms with Crippen molar-refractivity contribution in [1.29, 1.82) is 0 Å². The minimum absolute atomic E-state index is 0.730. The molecule has 1 saturated heterocycles. The summed E-state index contributed by atoms with van der Waals surface area (Å²) in [5.74, 6) is 0.730. The van der Waals surface area contributed by atoms with Crippen molar-refractivity contribution in [3.8, 4) is 0 Å². The molecular formula is C15H20N2. The molecule has 3 rings (SSSR count). The summed E-state index contributed by atoms with van der Waals surface area (Å²) in [6, 6.07) is 8.98. The van der Waals surface area contributed by atoms with Gasteiger partial charge in [-0.1, -0.05) is 18.2 Å². The summed E-state index contributed by atoms with van der Waals surface area (Å²) >= 11 is 0. The third-order valence-corrected chi connectivity index (χ3v) is 4.05. The summed E-state index contributed by atoms with van der Waals surface area (Å²) in [4.78, 5) is 0. The SMILES string of the molecule is Cc1cccc2cc(C3CCNCC3)n(C)c12. The highest BCUT2D eigenvalue weighted by Crippen LogP contribution is 2.31. The Morgan fingerprint density at radius 1 is 1.24 bits per heavy atom. The number of fused-ring (bicyclic) bond motifs is 1. The van der Waals surface area contributed by atoms with E-state index in [2.05, 4.69) is 48.1 Å². The first-order chi connectivity index (χ1) is 8.27. The van der Waals surface area contributed by atoms with Gasteiger partial charge in [-0.15, -0.1) is 0 Å². The molecule has 90 valence electrons. The zero-order valence-electron chi connectivity index (χ0n) is 10.7. The highest BCUT2D eigenvalue weighted by molar-refractivity contribution is 5.84. The fraction of sp³-hybridized carbons (Fsp3) is 0.467. The molecule has 2 heterocycles. The van der Waals surface area contributed by atoms with Gasteiger partial charge >= 0.3 is 0 Å². The second-order valence-electron chi connectivity index (χ2n) is 5.17. The predicted octanol–water partition coefficient (Wildman–Crippen LogP) is 2.95. The largest absolute Gasteiger partial charge is 0.347 e. The van der Waals surface area contributed by atoms with Gasteiger partial charge in [-0.3, -0.25) is 0 Å². The lowest BCUT2D eigenvalue weighted by molar-refractivity contribution is 0.446. The minimum Gasteiger partial charge on any atom is -0.347 e. The van der Waals surface area contributed by atoms with E-state index in [-0.39, 0.29) is 0 Å². The van der Waals surface area contributed by atoms with Gasteiger partial charge in [-0.25, -0.2) is 0 Å². The van der Waals surface area contributed by atoms with Crippen LogP contribution in [0.3, 0.4) is 0 Å². The van der Waals surface area contributed by atoms with Crippen molar-refractivity contribution in [2.75, 3.05) is 13.1 Å². The van der Waals surface area contributed by atoms with Crippen LogP contribution in [0.15, 0.2) is 24.3 Å². The summed E-state index contributed by atoms with van der Waals surface area (Å²) in [5.41, 5.74) is 4.29. The first-order valence-corrected chi connectivity index (χ1v) is 6.53. The number of rotatable bonds is 1. The summed E-state index contributed by atoms with van der Waals surface area (Å²) in [5, 5.41) is 4.83. The van der Waals surface area contributed by atoms with E-state index in [9.17, 15) is 0 Å². The molecule has 2 heteroatoms. The molecule has 0 unspecified atom stereocenters. The molecule has 1 aromatic carbocycles. The molecule has 0 amide bonds. The zero-order chi connectivity index (χ0) is 11.8. The molecule has 2 nitrogen and oxygen atoms in total. The van der Waals surface area contributed by atoms with Gasteiger partial charge in [-0.05, 0) is 44.5 Å². The molecule has 1 aliphatic heterocycles. The van der Waals surface area contributed by atoms with Crippen molar-refractivity contribution < 1.29 is 0 Å². The van der Waals surface area contributed by atoms with Gasteiger partial charge < -0.3 is 9.88 Å². The lowest BCUT2D eigenvalue weighted by Gasteiger charge is -2.23. The molecular weight excluding hydrogens is 208 g/mol.